The lowest BCUT2D eigenvalue weighted by molar-refractivity contribution is 0.0910. The molecule has 0 radical (unpaired) electrons. The molecule has 222 valence electrons. The van der Waals surface area contributed by atoms with Crippen LogP contribution in [0.2, 0.25) is 0 Å². The van der Waals surface area contributed by atoms with Crippen molar-refractivity contribution in [1.29, 1.82) is 0 Å². The third kappa shape index (κ3) is 5.45. The van der Waals surface area contributed by atoms with E-state index >= 15 is 0 Å². The van der Waals surface area contributed by atoms with Crippen LogP contribution in [0.5, 0.6) is 23.0 Å². The van der Waals surface area contributed by atoms with Gasteiger partial charge in [0.1, 0.15) is 23.0 Å². The number of benzene rings is 4. The average molecular weight is 593 g/mol. The Balaban J connectivity index is 0.934. The molecule has 0 fully saturated rings. The minimum atomic E-state index is -0.435. The summed E-state index contributed by atoms with van der Waals surface area (Å²) in [6.07, 6.45) is 3.34. The summed E-state index contributed by atoms with van der Waals surface area (Å²) < 4.78 is 11.7. The van der Waals surface area contributed by atoms with E-state index in [1.165, 1.54) is 48.5 Å². The predicted octanol–water partition coefficient (Wildman–Crippen LogP) is 5.72. The molecular formula is C34H28N2O8. The number of amides is 4. The molecule has 0 aromatic heterocycles. The average Bonchev–Trinajstić information content (AvgIpc) is 3.42. The van der Waals surface area contributed by atoms with E-state index in [0.717, 1.165) is 35.5 Å². The molecule has 44 heavy (non-hydrogen) atoms. The molecule has 4 aromatic carbocycles. The highest BCUT2D eigenvalue weighted by atomic mass is 16.5. The monoisotopic (exact) mass is 592 g/mol. The third-order valence-corrected chi connectivity index (χ3v) is 7.51. The quantitative estimate of drug-likeness (QED) is 0.167. The topological polar surface area (TPSA) is 134 Å². The summed E-state index contributed by atoms with van der Waals surface area (Å²) in [7, 11) is 0. The van der Waals surface area contributed by atoms with Crippen molar-refractivity contribution in [2.24, 2.45) is 0 Å². The number of nitrogens with zero attached hydrogens (tertiary/aromatic N) is 2. The van der Waals surface area contributed by atoms with E-state index in [-0.39, 0.29) is 22.6 Å². The van der Waals surface area contributed by atoms with Gasteiger partial charge in [-0.3, -0.25) is 19.2 Å². The number of phenols is 2. The van der Waals surface area contributed by atoms with E-state index in [9.17, 15) is 29.4 Å². The zero-order valence-corrected chi connectivity index (χ0v) is 23.6. The second-order valence-electron chi connectivity index (χ2n) is 10.5. The largest absolute Gasteiger partial charge is 0.508 e. The molecule has 10 nitrogen and oxygen atoms in total. The number of unbranched alkanes of at least 4 members (excludes halogenated alkanes) is 3. The van der Waals surface area contributed by atoms with Crippen molar-refractivity contribution in [3.63, 3.8) is 0 Å². The van der Waals surface area contributed by atoms with Gasteiger partial charge in [-0.1, -0.05) is 0 Å². The number of phenolic OH excluding ortho intramolecular Hbond substituents is 2. The molecule has 2 heterocycles. The SMILES string of the molecule is O=C1c2ccc(OCCCCCCOc3ccc4c(c3)C(=O)N(c3ccc(O)cc3)C4=O)cc2C(=O)N1c1ccc(O)cc1. The summed E-state index contributed by atoms with van der Waals surface area (Å²) in [5.41, 5.74) is 1.95. The first-order chi connectivity index (χ1) is 21.3. The second-order valence-corrected chi connectivity index (χ2v) is 10.5. The Bertz CT molecular complexity index is 1630. The van der Waals surface area contributed by atoms with Crippen LogP contribution in [0.25, 0.3) is 0 Å². The Labute approximate surface area is 252 Å². The van der Waals surface area contributed by atoms with E-state index < -0.39 is 23.6 Å². The zero-order chi connectivity index (χ0) is 30.8. The third-order valence-electron chi connectivity index (χ3n) is 7.51. The van der Waals surface area contributed by atoms with Gasteiger partial charge in [-0.15, -0.1) is 0 Å². The van der Waals surface area contributed by atoms with E-state index in [0.29, 0.717) is 47.2 Å². The molecule has 2 aliphatic heterocycles. The van der Waals surface area contributed by atoms with Gasteiger partial charge < -0.3 is 19.7 Å². The van der Waals surface area contributed by atoms with E-state index in [2.05, 4.69) is 0 Å². The van der Waals surface area contributed by atoms with Crippen LogP contribution in [0.4, 0.5) is 11.4 Å². The molecule has 2 aliphatic rings. The van der Waals surface area contributed by atoms with Gasteiger partial charge in [0.15, 0.2) is 0 Å². The maximum absolute atomic E-state index is 12.9. The lowest BCUT2D eigenvalue weighted by Gasteiger charge is -2.13. The van der Waals surface area contributed by atoms with Gasteiger partial charge in [-0.25, -0.2) is 9.80 Å². The van der Waals surface area contributed by atoms with Gasteiger partial charge in [-0.2, -0.15) is 0 Å². The number of rotatable bonds is 11. The molecule has 6 rings (SSSR count). The van der Waals surface area contributed by atoms with Crippen LogP contribution in [-0.2, 0) is 0 Å². The fourth-order valence-corrected chi connectivity index (χ4v) is 5.23. The number of fused-ring (bicyclic) bond motifs is 2. The van der Waals surface area contributed by atoms with Crippen LogP contribution >= 0.6 is 0 Å². The van der Waals surface area contributed by atoms with Gasteiger partial charge in [0.2, 0.25) is 0 Å². The Hall–Kier alpha value is -5.64. The fraction of sp³-hybridized carbons (Fsp3) is 0.176. The number of imide groups is 2. The number of aromatic hydroxyl groups is 2. The molecule has 2 N–H and O–H groups in total. The normalized spacial score (nSPS) is 13.8. The molecule has 10 heteroatoms. The van der Waals surface area contributed by atoms with Crippen LogP contribution in [0.3, 0.4) is 0 Å². The smallest absolute Gasteiger partial charge is 0.266 e. The number of hydrogen-bond donors (Lipinski definition) is 2. The highest BCUT2D eigenvalue weighted by Crippen LogP contribution is 2.33. The molecule has 0 aliphatic carbocycles. The molecule has 4 amide bonds. The number of carbonyl (C=O) groups excluding carboxylic acids is 4. The van der Waals surface area contributed by atoms with Crippen LogP contribution < -0.4 is 19.3 Å². The molecule has 0 spiro atoms. The van der Waals surface area contributed by atoms with Crippen molar-refractivity contribution in [2.75, 3.05) is 23.0 Å². The minimum Gasteiger partial charge on any atom is -0.508 e. The van der Waals surface area contributed by atoms with Crippen molar-refractivity contribution in [1.82, 2.24) is 0 Å². The molecule has 0 atom stereocenters. The molecule has 0 saturated carbocycles. The molecule has 0 saturated heterocycles. The second kappa shape index (κ2) is 11.9. The highest BCUT2D eigenvalue weighted by molar-refractivity contribution is 6.35. The Kier molecular flexibility index (Phi) is 7.72. The Morgan fingerprint density at radius 1 is 0.455 bits per heavy atom. The highest BCUT2D eigenvalue weighted by Gasteiger charge is 2.38. The van der Waals surface area contributed by atoms with E-state index in [1.807, 2.05) is 0 Å². The van der Waals surface area contributed by atoms with Crippen LogP contribution in [0, 0.1) is 0 Å². The maximum atomic E-state index is 12.9. The summed E-state index contributed by atoms with van der Waals surface area (Å²) in [6, 6.07) is 21.5. The predicted molar refractivity (Wildman–Crippen MR) is 161 cm³/mol. The summed E-state index contributed by atoms with van der Waals surface area (Å²) in [6.45, 7) is 0.893. The fourth-order valence-electron chi connectivity index (χ4n) is 5.23. The first-order valence-electron chi connectivity index (χ1n) is 14.2. The van der Waals surface area contributed by atoms with Gasteiger partial charge in [0, 0.05) is 0 Å². The molecule has 4 aromatic rings. The lowest BCUT2D eigenvalue weighted by atomic mass is 10.1. The first kappa shape index (κ1) is 28.5. The van der Waals surface area contributed by atoms with Crippen LogP contribution in [0.1, 0.15) is 67.1 Å². The summed E-state index contributed by atoms with van der Waals surface area (Å²) in [4.78, 5) is 53.6. The summed E-state index contributed by atoms with van der Waals surface area (Å²) >= 11 is 0. The minimum absolute atomic E-state index is 0.0455. The Morgan fingerprint density at radius 3 is 1.20 bits per heavy atom. The number of anilines is 2. The molecule has 0 unspecified atom stereocenters. The number of carbonyl (C=O) groups is 4. The lowest BCUT2D eigenvalue weighted by Crippen LogP contribution is -2.29. The van der Waals surface area contributed by atoms with Crippen LogP contribution in [-0.4, -0.2) is 47.1 Å². The van der Waals surface area contributed by atoms with Gasteiger partial charge in [0.05, 0.1) is 46.8 Å². The van der Waals surface area contributed by atoms with Gasteiger partial charge in [-0.05, 0) is 111 Å². The molecular weight excluding hydrogens is 564 g/mol. The summed E-state index contributed by atoms with van der Waals surface area (Å²) in [5.74, 6) is -0.594. The Morgan fingerprint density at radius 2 is 0.818 bits per heavy atom. The molecule has 0 bridgehead atoms. The first-order valence-corrected chi connectivity index (χ1v) is 14.2. The maximum Gasteiger partial charge on any atom is 0.266 e. The van der Waals surface area contributed by atoms with E-state index in [1.54, 1.807) is 36.4 Å². The van der Waals surface area contributed by atoms with Crippen LogP contribution in [0.15, 0.2) is 84.9 Å². The van der Waals surface area contributed by atoms with Gasteiger partial charge in [0.25, 0.3) is 23.6 Å². The van der Waals surface area contributed by atoms with Crippen molar-refractivity contribution < 1.29 is 38.9 Å². The van der Waals surface area contributed by atoms with Crippen molar-refractivity contribution in [3.05, 3.63) is 107 Å². The van der Waals surface area contributed by atoms with Crippen molar-refractivity contribution >= 4 is 35.0 Å². The standard InChI is InChI=1S/C34H28N2O8/c37-23-9-5-21(6-10-23)35-31(39)27-15-13-25(19-29(27)33(35)41)43-17-3-1-2-4-18-44-26-14-16-28-30(20-26)34(42)36(32(28)40)22-7-11-24(38)12-8-22/h5-16,19-20,37-38H,1-4,17-18H2. The van der Waals surface area contributed by atoms with Gasteiger partial charge >= 0.3 is 0 Å². The van der Waals surface area contributed by atoms with Crippen molar-refractivity contribution in [3.8, 4) is 23.0 Å². The summed E-state index contributed by atoms with van der Waals surface area (Å²) in [5, 5.41) is 19.0. The number of ether oxygens (including phenoxy) is 2. The van der Waals surface area contributed by atoms with E-state index in [4.69, 9.17) is 9.47 Å². The zero-order valence-electron chi connectivity index (χ0n) is 23.6. The number of hydrogen-bond acceptors (Lipinski definition) is 8. The van der Waals surface area contributed by atoms with Crippen molar-refractivity contribution in [2.45, 2.75) is 25.7 Å².